The lowest BCUT2D eigenvalue weighted by Gasteiger charge is -2.14. The Morgan fingerprint density at radius 3 is 2.20 bits per heavy atom. The van der Waals surface area contributed by atoms with Crippen molar-refractivity contribution in [1.82, 2.24) is 0 Å². The molecule has 0 saturated heterocycles. The quantitative estimate of drug-likeness (QED) is 0.517. The molecule has 0 saturated carbocycles. The summed E-state index contributed by atoms with van der Waals surface area (Å²) < 4.78 is 0. The summed E-state index contributed by atoms with van der Waals surface area (Å²) in [7, 11) is 0. The first-order chi connectivity index (χ1) is 7.20. The van der Waals surface area contributed by atoms with E-state index in [2.05, 4.69) is 27.7 Å². The summed E-state index contributed by atoms with van der Waals surface area (Å²) in [6.45, 7) is 9.47. The Labute approximate surface area is 96.2 Å². The molecule has 0 aliphatic heterocycles. The summed E-state index contributed by atoms with van der Waals surface area (Å²) in [4.78, 5) is 0. The van der Waals surface area contributed by atoms with Gasteiger partial charge in [-0.3, -0.25) is 0 Å². The highest BCUT2D eigenvalue weighted by Gasteiger charge is 2.26. The third-order valence-corrected chi connectivity index (χ3v) is 4.06. The van der Waals surface area contributed by atoms with Gasteiger partial charge in [-0.15, -0.1) is 0 Å². The maximum Gasteiger partial charge on any atom is -0.0200 e. The van der Waals surface area contributed by atoms with E-state index < -0.39 is 0 Å². The molecular weight excluding hydrogens is 180 g/mol. The molecule has 0 amide bonds. The molecule has 0 fully saturated rings. The highest BCUT2D eigenvalue weighted by molar-refractivity contribution is 5.24. The molecule has 0 aromatic carbocycles. The van der Waals surface area contributed by atoms with Gasteiger partial charge in [0.2, 0.25) is 0 Å². The van der Waals surface area contributed by atoms with E-state index in [1.807, 2.05) is 11.1 Å². The Morgan fingerprint density at radius 2 is 1.60 bits per heavy atom. The Hall–Kier alpha value is -0.260. The minimum Gasteiger partial charge on any atom is -0.0704 e. The molecular formula is C15H28. The highest BCUT2D eigenvalue weighted by Crippen LogP contribution is 2.41. The average Bonchev–Trinajstić information content (AvgIpc) is 2.50. The fourth-order valence-corrected chi connectivity index (χ4v) is 2.79. The lowest BCUT2D eigenvalue weighted by molar-refractivity contribution is 0.466. The largest absolute Gasteiger partial charge is 0.0704 e. The van der Waals surface area contributed by atoms with Crippen molar-refractivity contribution in [2.24, 2.45) is 11.8 Å². The Morgan fingerprint density at radius 1 is 1.00 bits per heavy atom. The van der Waals surface area contributed by atoms with Crippen molar-refractivity contribution >= 4 is 0 Å². The van der Waals surface area contributed by atoms with E-state index in [0.717, 1.165) is 11.8 Å². The van der Waals surface area contributed by atoms with Gasteiger partial charge < -0.3 is 0 Å². The van der Waals surface area contributed by atoms with E-state index in [4.69, 9.17) is 0 Å². The first-order valence-corrected chi connectivity index (χ1v) is 6.91. The van der Waals surface area contributed by atoms with Crippen LogP contribution in [0.15, 0.2) is 11.1 Å². The third kappa shape index (κ3) is 3.36. The molecule has 0 aromatic heterocycles. The molecule has 88 valence electrons. The molecule has 0 bridgehead atoms. The van der Waals surface area contributed by atoms with Gasteiger partial charge in [0.25, 0.3) is 0 Å². The van der Waals surface area contributed by atoms with Crippen LogP contribution in [-0.2, 0) is 0 Å². The zero-order valence-electron chi connectivity index (χ0n) is 11.1. The Balaban J connectivity index is 2.60. The molecule has 1 rings (SSSR count). The maximum atomic E-state index is 2.44. The van der Waals surface area contributed by atoms with Crippen molar-refractivity contribution in [2.75, 3.05) is 0 Å². The second-order valence-corrected chi connectivity index (χ2v) is 5.31. The van der Waals surface area contributed by atoms with Crippen LogP contribution < -0.4 is 0 Å². The average molecular weight is 208 g/mol. The molecule has 0 nitrogen and oxygen atoms in total. The molecule has 1 aliphatic carbocycles. The summed E-state index contributed by atoms with van der Waals surface area (Å²) in [6.07, 6.45) is 9.61. The van der Waals surface area contributed by atoms with Crippen molar-refractivity contribution in [3.05, 3.63) is 11.1 Å². The molecule has 0 heteroatoms. The summed E-state index contributed by atoms with van der Waals surface area (Å²) >= 11 is 0. The minimum atomic E-state index is 0.864. The van der Waals surface area contributed by atoms with Crippen molar-refractivity contribution in [2.45, 2.75) is 72.6 Å². The number of hydrogen-bond donors (Lipinski definition) is 0. The van der Waals surface area contributed by atoms with Crippen molar-refractivity contribution < 1.29 is 0 Å². The predicted octanol–water partition coefficient (Wildman–Crippen LogP) is 5.34. The van der Waals surface area contributed by atoms with Crippen LogP contribution in [0, 0.1) is 11.8 Å². The van der Waals surface area contributed by atoms with Gasteiger partial charge in [0.15, 0.2) is 0 Å². The summed E-state index contributed by atoms with van der Waals surface area (Å²) in [6, 6.07) is 0. The molecule has 0 spiro atoms. The van der Waals surface area contributed by atoms with Gasteiger partial charge in [-0.1, -0.05) is 51.7 Å². The van der Waals surface area contributed by atoms with Crippen molar-refractivity contribution in [3.63, 3.8) is 0 Å². The highest BCUT2D eigenvalue weighted by atomic mass is 14.3. The van der Waals surface area contributed by atoms with Crippen LogP contribution in [0.1, 0.15) is 72.6 Å². The fraction of sp³-hybridized carbons (Fsp3) is 0.867. The van der Waals surface area contributed by atoms with E-state index in [1.54, 1.807) is 0 Å². The van der Waals surface area contributed by atoms with Crippen LogP contribution in [0.2, 0.25) is 0 Å². The number of unbranched alkanes of at least 4 members (excludes halogenated alkanes) is 2. The van der Waals surface area contributed by atoms with Crippen LogP contribution in [0.4, 0.5) is 0 Å². The van der Waals surface area contributed by atoms with Crippen LogP contribution in [-0.4, -0.2) is 0 Å². The smallest absolute Gasteiger partial charge is 0.0200 e. The topological polar surface area (TPSA) is 0 Å². The summed E-state index contributed by atoms with van der Waals surface area (Å²) in [5, 5.41) is 0. The number of rotatable bonds is 6. The first-order valence-electron chi connectivity index (χ1n) is 6.91. The summed E-state index contributed by atoms with van der Waals surface area (Å²) in [5.74, 6) is 1.77. The lowest BCUT2D eigenvalue weighted by atomic mass is 9.92. The molecule has 0 N–H and O–H groups in total. The maximum absolute atomic E-state index is 2.44. The van der Waals surface area contributed by atoms with Gasteiger partial charge in [0.1, 0.15) is 0 Å². The molecule has 0 aromatic rings. The van der Waals surface area contributed by atoms with E-state index in [0.29, 0.717) is 0 Å². The van der Waals surface area contributed by atoms with Gasteiger partial charge in [-0.25, -0.2) is 0 Å². The Bertz CT molecular complexity index is 212. The second-order valence-electron chi connectivity index (χ2n) is 5.31. The Kier molecular flexibility index (Phi) is 5.42. The van der Waals surface area contributed by atoms with Gasteiger partial charge in [0, 0.05) is 0 Å². The van der Waals surface area contributed by atoms with Crippen molar-refractivity contribution in [1.29, 1.82) is 0 Å². The van der Waals surface area contributed by atoms with Crippen LogP contribution >= 0.6 is 0 Å². The van der Waals surface area contributed by atoms with E-state index in [1.165, 1.54) is 44.9 Å². The molecule has 0 radical (unpaired) electrons. The number of allylic oxidation sites excluding steroid dienone is 2. The second kappa shape index (κ2) is 6.35. The zero-order chi connectivity index (χ0) is 11.3. The van der Waals surface area contributed by atoms with Gasteiger partial charge in [-0.2, -0.15) is 0 Å². The standard InChI is InChI=1S/C15H28/c1-5-7-9-14-11-12(3)13(4)15(14)10-8-6-2/h12-13H,5-11H2,1-4H3/t12-,13+/m0/s1. The third-order valence-electron chi connectivity index (χ3n) is 4.06. The fourth-order valence-electron chi connectivity index (χ4n) is 2.79. The minimum absolute atomic E-state index is 0.864. The molecule has 0 heterocycles. The van der Waals surface area contributed by atoms with E-state index in [9.17, 15) is 0 Å². The zero-order valence-corrected chi connectivity index (χ0v) is 11.1. The van der Waals surface area contributed by atoms with E-state index in [-0.39, 0.29) is 0 Å². The SMILES string of the molecule is CCCCC1=C(CCCC)[C@H](C)[C@@H](C)C1. The first kappa shape index (κ1) is 12.8. The molecule has 15 heavy (non-hydrogen) atoms. The van der Waals surface area contributed by atoms with E-state index >= 15 is 0 Å². The lowest BCUT2D eigenvalue weighted by Crippen LogP contribution is -2.02. The van der Waals surface area contributed by atoms with Crippen LogP contribution in [0.25, 0.3) is 0 Å². The molecule has 0 unspecified atom stereocenters. The summed E-state index contributed by atoms with van der Waals surface area (Å²) in [5.41, 5.74) is 3.66. The number of hydrogen-bond acceptors (Lipinski definition) is 0. The van der Waals surface area contributed by atoms with Crippen LogP contribution in [0.5, 0.6) is 0 Å². The normalized spacial score (nSPS) is 26.4. The molecule has 2 atom stereocenters. The van der Waals surface area contributed by atoms with Gasteiger partial charge in [-0.05, 0) is 43.9 Å². The monoisotopic (exact) mass is 208 g/mol. The van der Waals surface area contributed by atoms with Crippen LogP contribution in [0.3, 0.4) is 0 Å². The van der Waals surface area contributed by atoms with Crippen molar-refractivity contribution in [3.8, 4) is 0 Å². The van der Waals surface area contributed by atoms with Gasteiger partial charge in [0.05, 0.1) is 0 Å². The van der Waals surface area contributed by atoms with Gasteiger partial charge >= 0.3 is 0 Å². The molecule has 1 aliphatic rings. The predicted molar refractivity (Wildman–Crippen MR) is 69.0 cm³/mol.